The molecular weight excluding hydrogens is 388 g/mol. The van der Waals surface area contributed by atoms with Crippen molar-refractivity contribution in [3.05, 3.63) is 60.8 Å². The van der Waals surface area contributed by atoms with E-state index < -0.39 is 6.10 Å². The number of aliphatic hydroxyl groups excluding tert-OH is 1. The summed E-state index contributed by atoms with van der Waals surface area (Å²) < 4.78 is 10.7. The third-order valence-corrected chi connectivity index (χ3v) is 4.42. The van der Waals surface area contributed by atoms with Crippen LogP contribution in [0, 0.1) is 0 Å². The zero-order valence-corrected chi connectivity index (χ0v) is 19.7. The molecule has 0 amide bonds. The summed E-state index contributed by atoms with van der Waals surface area (Å²) >= 11 is 0. The summed E-state index contributed by atoms with van der Waals surface area (Å²) in [5, 5.41) is 8.72. The third-order valence-electron chi connectivity index (χ3n) is 4.42. The first-order chi connectivity index (χ1) is 15.3. The van der Waals surface area contributed by atoms with Gasteiger partial charge >= 0.3 is 5.97 Å². The third kappa shape index (κ3) is 21.1. The van der Waals surface area contributed by atoms with Gasteiger partial charge in [-0.25, -0.2) is 4.79 Å². The summed E-state index contributed by atoms with van der Waals surface area (Å²) in [5.74, 6) is -0.325. The highest BCUT2D eigenvalue weighted by Crippen LogP contribution is 2.05. The van der Waals surface area contributed by atoms with Crippen molar-refractivity contribution < 1.29 is 19.4 Å². The van der Waals surface area contributed by atoms with Gasteiger partial charge in [-0.1, -0.05) is 74.6 Å². The Balaban J connectivity index is 3.62. The van der Waals surface area contributed by atoms with Gasteiger partial charge in [0.05, 0.1) is 6.61 Å². The minimum atomic E-state index is -0.493. The van der Waals surface area contributed by atoms with Crippen molar-refractivity contribution in [3.8, 4) is 0 Å². The molecule has 0 bridgehead atoms. The van der Waals surface area contributed by atoms with Crippen molar-refractivity contribution >= 4 is 5.97 Å². The quantitative estimate of drug-likeness (QED) is 0.133. The molecule has 4 heteroatoms. The van der Waals surface area contributed by atoms with Gasteiger partial charge in [0.2, 0.25) is 0 Å². The first-order valence-corrected chi connectivity index (χ1v) is 11.9. The Labute approximate surface area is 190 Å². The first-order valence-electron chi connectivity index (χ1n) is 11.9. The molecule has 1 unspecified atom stereocenters. The van der Waals surface area contributed by atoms with Crippen LogP contribution in [0.15, 0.2) is 60.8 Å². The molecule has 0 aromatic heterocycles. The van der Waals surface area contributed by atoms with Crippen LogP contribution in [0.2, 0.25) is 0 Å². The van der Waals surface area contributed by atoms with Gasteiger partial charge in [0, 0.05) is 19.6 Å². The Hall–Kier alpha value is -1.91. The molecule has 176 valence electrons. The molecule has 0 aromatic rings. The number of unbranched alkanes of at least 4 members (excludes halogenated alkanes) is 2. The smallest absolute Gasteiger partial charge is 0.335 e. The maximum absolute atomic E-state index is 11.8. The molecule has 1 N–H and O–H groups in total. The fraction of sp³-hybridized carbons (Fsp3) is 0.593. The summed E-state index contributed by atoms with van der Waals surface area (Å²) in [4.78, 5) is 11.8. The van der Waals surface area contributed by atoms with Crippen LogP contribution in [0.25, 0.3) is 0 Å². The van der Waals surface area contributed by atoms with Crippen LogP contribution in [-0.2, 0) is 14.3 Å². The van der Waals surface area contributed by atoms with Gasteiger partial charge in [0.25, 0.3) is 0 Å². The Morgan fingerprint density at radius 3 is 1.81 bits per heavy atom. The topological polar surface area (TPSA) is 55.8 Å². The molecule has 0 heterocycles. The second-order valence-electron chi connectivity index (χ2n) is 7.22. The van der Waals surface area contributed by atoms with E-state index >= 15 is 0 Å². The van der Waals surface area contributed by atoms with E-state index in [1.54, 1.807) is 0 Å². The summed E-state index contributed by atoms with van der Waals surface area (Å²) in [6.07, 6.45) is 30.7. The van der Waals surface area contributed by atoms with E-state index in [1.165, 1.54) is 0 Å². The van der Waals surface area contributed by atoms with Gasteiger partial charge in [-0.15, -0.1) is 0 Å². The maximum atomic E-state index is 11.8. The molecule has 0 aliphatic heterocycles. The van der Waals surface area contributed by atoms with E-state index in [0.29, 0.717) is 19.4 Å². The number of carbonyl (C=O) groups is 1. The monoisotopic (exact) mass is 432 g/mol. The van der Waals surface area contributed by atoms with Crippen molar-refractivity contribution in [2.75, 3.05) is 19.8 Å². The highest BCUT2D eigenvalue weighted by Gasteiger charge is 2.17. The van der Waals surface area contributed by atoms with Crippen LogP contribution >= 0.6 is 0 Å². The maximum Gasteiger partial charge on any atom is 0.335 e. The van der Waals surface area contributed by atoms with Gasteiger partial charge in [-0.05, 0) is 57.8 Å². The van der Waals surface area contributed by atoms with Crippen LogP contribution in [0.3, 0.4) is 0 Å². The van der Waals surface area contributed by atoms with Crippen molar-refractivity contribution in [2.45, 2.75) is 84.2 Å². The molecule has 0 saturated carbocycles. The molecule has 0 aliphatic rings. The molecule has 0 rings (SSSR count). The van der Waals surface area contributed by atoms with Crippen LogP contribution in [0.5, 0.6) is 0 Å². The zero-order chi connectivity index (χ0) is 22.8. The van der Waals surface area contributed by atoms with E-state index in [0.717, 1.165) is 51.4 Å². The van der Waals surface area contributed by atoms with E-state index in [9.17, 15) is 4.79 Å². The molecule has 4 nitrogen and oxygen atoms in total. The molecule has 0 saturated heterocycles. The zero-order valence-electron chi connectivity index (χ0n) is 19.7. The number of aliphatic hydroxyl groups is 1. The number of carbonyl (C=O) groups excluding carboxylic acids is 1. The van der Waals surface area contributed by atoms with Gasteiger partial charge in [0.15, 0.2) is 6.10 Å². The lowest BCUT2D eigenvalue weighted by atomic mass is 10.2. The Kier molecular flexibility index (Phi) is 22.9. The molecular formula is C27H44O4. The predicted octanol–water partition coefficient (Wildman–Crippen LogP) is 6.63. The summed E-state index contributed by atoms with van der Waals surface area (Å²) in [7, 11) is 0. The normalized spacial score (nSPS) is 13.5. The lowest BCUT2D eigenvalue weighted by Crippen LogP contribution is -2.26. The van der Waals surface area contributed by atoms with Crippen molar-refractivity contribution in [1.82, 2.24) is 0 Å². The molecule has 1 atom stereocenters. The average molecular weight is 433 g/mol. The molecule has 0 radical (unpaired) electrons. The molecule has 31 heavy (non-hydrogen) atoms. The summed E-state index contributed by atoms with van der Waals surface area (Å²) in [5.41, 5.74) is 0. The average Bonchev–Trinajstić information content (AvgIpc) is 2.78. The number of ether oxygens (including phenoxy) is 2. The summed E-state index contributed by atoms with van der Waals surface area (Å²) in [6.45, 7) is 4.91. The van der Waals surface area contributed by atoms with Crippen molar-refractivity contribution in [1.29, 1.82) is 0 Å². The lowest BCUT2D eigenvalue weighted by Gasteiger charge is -2.14. The van der Waals surface area contributed by atoms with Gasteiger partial charge in [-0.3, -0.25) is 0 Å². The lowest BCUT2D eigenvalue weighted by molar-refractivity contribution is -0.157. The molecule has 0 spiro atoms. The summed E-state index contributed by atoms with van der Waals surface area (Å²) in [6, 6.07) is 0. The SMILES string of the molecule is CCC=CCC=CCC=CCC=CCC=CCCCCOC(CC)C(=O)OCCCO. The largest absolute Gasteiger partial charge is 0.464 e. The van der Waals surface area contributed by atoms with Crippen molar-refractivity contribution in [3.63, 3.8) is 0 Å². The Bertz CT molecular complexity index is 543. The van der Waals surface area contributed by atoms with Crippen LogP contribution in [-0.4, -0.2) is 37.0 Å². The first kappa shape index (κ1) is 29.1. The van der Waals surface area contributed by atoms with Gasteiger partial charge in [-0.2, -0.15) is 0 Å². The fourth-order valence-corrected chi connectivity index (χ4v) is 2.64. The Morgan fingerprint density at radius 1 is 0.742 bits per heavy atom. The van der Waals surface area contributed by atoms with Gasteiger partial charge < -0.3 is 14.6 Å². The number of esters is 1. The molecule has 0 aliphatic carbocycles. The number of rotatable bonds is 20. The van der Waals surface area contributed by atoms with E-state index in [1.807, 2.05) is 6.92 Å². The number of hydrogen-bond acceptors (Lipinski definition) is 4. The van der Waals surface area contributed by atoms with E-state index in [-0.39, 0.29) is 19.2 Å². The minimum absolute atomic E-state index is 0.0285. The van der Waals surface area contributed by atoms with E-state index in [2.05, 4.69) is 67.7 Å². The predicted molar refractivity (Wildman–Crippen MR) is 131 cm³/mol. The molecule has 0 fully saturated rings. The van der Waals surface area contributed by atoms with Crippen molar-refractivity contribution in [2.24, 2.45) is 0 Å². The van der Waals surface area contributed by atoms with Gasteiger partial charge in [0.1, 0.15) is 0 Å². The standard InChI is InChI=1S/C27H44O4/c1-3-5-6-7-8-9-10-11-12-13-14-15-16-17-18-19-20-21-24-30-26(4-2)27(29)31-25-22-23-28/h5-6,8-9,11-12,14-15,17-18,26,28H,3-4,7,10,13,16,19-25H2,1-2H3. The number of hydrogen-bond donors (Lipinski definition) is 1. The number of allylic oxidation sites excluding steroid dienone is 10. The fourth-order valence-electron chi connectivity index (χ4n) is 2.64. The second kappa shape index (κ2) is 24.4. The highest BCUT2D eigenvalue weighted by molar-refractivity contribution is 5.74. The van der Waals surface area contributed by atoms with Crippen LogP contribution in [0.1, 0.15) is 78.1 Å². The van der Waals surface area contributed by atoms with Crippen LogP contribution < -0.4 is 0 Å². The van der Waals surface area contributed by atoms with E-state index in [4.69, 9.17) is 14.6 Å². The van der Waals surface area contributed by atoms with Crippen LogP contribution in [0.4, 0.5) is 0 Å². The highest BCUT2D eigenvalue weighted by atomic mass is 16.6. The molecule has 0 aromatic carbocycles. The second-order valence-corrected chi connectivity index (χ2v) is 7.22. The Morgan fingerprint density at radius 2 is 1.29 bits per heavy atom. The minimum Gasteiger partial charge on any atom is -0.464 e.